The number of hydrogen-bond acceptors (Lipinski definition) is 7. The maximum Gasteiger partial charge on any atom is 0.332 e. The third-order valence-electron chi connectivity index (χ3n) is 4.66. The van der Waals surface area contributed by atoms with Gasteiger partial charge in [-0.3, -0.25) is 13.9 Å². The van der Waals surface area contributed by atoms with E-state index in [1.165, 1.54) is 11.6 Å². The van der Waals surface area contributed by atoms with Crippen LogP contribution in [0.2, 0.25) is 0 Å². The molecule has 2 aromatic heterocycles. The Morgan fingerprint density at radius 1 is 1.26 bits per heavy atom. The van der Waals surface area contributed by atoms with Crippen molar-refractivity contribution < 1.29 is 14.6 Å². The molecule has 0 saturated carbocycles. The van der Waals surface area contributed by atoms with E-state index < -0.39 is 23.8 Å². The van der Waals surface area contributed by atoms with Gasteiger partial charge in [-0.1, -0.05) is 12.1 Å². The Bertz CT molecular complexity index is 1190. The van der Waals surface area contributed by atoms with E-state index in [0.29, 0.717) is 29.4 Å². The zero-order valence-corrected chi connectivity index (χ0v) is 14.7. The van der Waals surface area contributed by atoms with Gasteiger partial charge >= 0.3 is 5.69 Å². The van der Waals surface area contributed by atoms with Gasteiger partial charge in [0.1, 0.15) is 5.75 Å². The second-order valence-corrected chi connectivity index (χ2v) is 6.16. The minimum atomic E-state index is -1.51. The van der Waals surface area contributed by atoms with Crippen LogP contribution in [0.3, 0.4) is 0 Å². The minimum absolute atomic E-state index is 0.186. The molecule has 4 rings (SSSR count). The number of ether oxygens (including phenoxy) is 1. The second kappa shape index (κ2) is 6.01. The Morgan fingerprint density at radius 3 is 2.70 bits per heavy atom. The van der Waals surface area contributed by atoms with Crippen molar-refractivity contribution in [1.82, 2.24) is 18.7 Å². The lowest BCUT2D eigenvalue weighted by Crippen LogP contribution is -2.44. The number of rotatable bonds is 4. The highest BCUT2D eigenvalue weighted by atomic mass is 16.5. The molecule has 10 heteroatoms. The monoisotopic (exact) mass is 370 g/mol. The predicted molar refractivity (Wildman–Crippen MR) is 94.2 cm³/mol. The summed E-state index contributed by atoms with van der Waals surface area (Å²) >= 11 is 0. The summed E-state index contributed by atoms with van der Waals surface area (Å²) in [4.78, 5) is 42.5. The predicted octanol–water partition coefficient (Wildman–Crippen LogP) is -1.19. The number of methoxy groups -OCH3 is 1. The van der Waals surface area contributed by atoms with Gasteiger partial charge in [0.05, 0.1) is 25.3 Å². The van der Waals surface area contributed by atoms with E-state index in [1.54, 1.807) is 11.7 Å². The fraction of sp³-hybridized carbons (Fsp3) is 0.294. The number of benzene rings is 1. The zero-order chi connectivity index (χ0) is 19.3. The maximum atomic E-state index is 12.8. The number of imidazole rings is 1. The third kappa shape index (κ3) is 2.40. The Balaban J connectivity index is 1.97. The normalized spacial score (nSPS) is 13.2. The van der Waals surface area contributed by atoms with Crippen LogP contribution in [0.5, 0.6) is 5.75 Å². The first-order chi connectivity index (χ1) is 12.9. The highest BCUT2D eigenvalue weighted by Crippen LogP contribution is 2.36. The van der Waals surface area contributed by atoms with Crippen LogP contribution in [0.15, 0.2) is 33.9 Å². The summed E-state index contributed by atoms with van der Waals surface area (Å²) < 4.78 is 8.92. The summed E-state index contributed by atoms with van der Waals surface area (Å²) in [6.45, 7) is 0.211. The molecule has 1 aliphatic rings. The van der Waals surface area contributed by atoms with Gasteiger partial charge in [-0.2, -0.15) is 4.98 Å². The highest BCUT2D eigenvalue weighted by Gasteiger charge is 2.29. The van der Waals surface area contributed by atoms with E-state index in [2.05, 4.69) is 4.98 Å². The molecule has 0 amide bonds. The van der Waals surface area contributed by atoms with Crippen LogP contribution in [0.25, 0.3) is 11.2 Å². The highest BCUT2D eigenvalue weighted by molar-refractivity contribution is 5.79. The van der Waals surface area contributed by atoms with Gasteiger partial charge in [-0.15, -0.1) is 0 Å². The number of carbonyl (C=O) groups is 1. The van der Waals surface area contributed by atoms with E-state index in [1.807, 2.05) is 29.2 Å². The van der Waals surface area contributed by atoms with Gasteiger partial charge < -0.3 is 24.1 Å². The van der Waals surface area contributed by atoms with E-state index in [9.17, 15) is 19.5 Å². The van der Waals surface area contributed by atoms with Crippen molar-refractivity contribution in [2.45, 2.75) is 13.1 Å². The average molecular weight is 370 g/mol. The number of carboxylic acid groups (broad SMARTS) is 1. The van der Waals surface area contributed by atoms with Crippen LogP contribution in [-0.2, 0) is 24.9 Å². The number of carbonyl (C=O) groups excluding carboxylic acids is 1. The summed E-state index contributed by atoms with van der Waals surface area (Å²) in [6.07, 6.45) is 0. The molecule has 0 spiro atoms. The van der Waals surface area contributed by atoms with Gasteiger partial charge in [0, 0.05) is 20.1 Å². The van der Waals surface area contributed by atoms with Crippen LogP contribution in [0, 0.1) is 0 Å². The van der Waals surface area contributed by atoms with Crippen LogP contribution in [0.4, 0.5) is 11.6 Å². The molecule has 0 atom stereocenters. The third-order valence-corrected chi connectivity index (χ3v) is 4.66. The standard InChI is InChI=1S/C17H17N5O5/c1-19-14-13(15(25)22(17(19)26)9-12(23)24)21-8-7-20(16(21)18-14)10-5-3-4-6-11(10)27-2/h3-6H,7-9H2,1-2H3,(H,23,24)/p-1. The first-order valence-corrected chi connectivity index (χ1v) is 8.24. The molecular weight excluding hydrogens is 354 g/mol. The molecule has 10 nitrogen and oxygen atoms in total. The van der Waals surface area contributed by atoms with Crippen LogP contribution >= 0.6 is 0 Å². The van der Waals surface area contributed by atoms with Gasteiger partial charge in [-0.25, -0.2) is 4.79 Å². The van der Waals surface area contributed by atoms with E-state index >= 15 is 0 Å². The van der Waals surface area contributed by atoms with Crippen molar-refractivity contribution in [3.05, 3.63) is 45.1 Å². The Hall–Kier alpha value is -3.56. The molecule has 1 aliphatic heterocycles. The molecular formula is C17H16N5O5-. The molecule has 0 radical (unpaired) electrons. The number of anilines is 2. The van der Waals surface area contributed by atoms with E-state index in [4.69, 9.17) is 4.74 Å². The molecule has 0 fully saturated rings. The SMILES string of the molecule is COc1ccccc1N1CCn2c1nc1c2c(=O)n(CC(=O)[O-])c(=O)n1C. The maximum absolute atomic E-state index is 12.8. The lowest BCUT2D eigenvalue weighted by molar-refractivity contribution is -0.306. The first-order valence-electron chi connectivity index (χ1n) is 8.24. The molecule has 3 heterocycles. The number of aryl methyl sites for hydroxylation is 1. The first kappa shape index (κ1) is 16.9. The fourth-order valence-electron chi connectivity index (χ4n) is 3.43. The number of para-hydroxylation sites is 2. The number of nitrogens with zero attached hydrogens (tertiary/aromatic N) is 5. The molecule has 0 aliphatic carbocycles. The Morgan fingerprint density at radius 2 is 2.00 bits per heavy atom. The Kier molecular flexibility index (Phi) is 3.76. The van der Waals surface area contributed by atoms with Gasteiger partial charge in [0.2, 0.25) is 5.95 Å². The van der Waals surface area contributed by atoms with Crippen LogP contribution < -0.4 is 26.0 Å². The molecule has 3 aromatic rings. The van der Waals surface area contributed by atoms with E-state index in [-0.39, 0.29) is 11.2 Å². The Labute approximate surface area is 152 Å². The van der Waals surface area contributed by atoms with Crippen molar-refractivity contribution in [3.8, 4) is 5.75 Å². The van der Waals surface area contributed by atoms with Crippen molar-refractivity contribution >= 4 is 28.8 Å². The lowest BCUT2D eigenvalue weighted by atomic mass is 10.2. The number of aromatic nitrogens is 4. The largest absolute Gasteiger partial charge is 0.548 e. The van der Waals surface area contributed by atoms with Gasteiger partial charge in [0.15, 0.2) is 11.2 Å². The molecule has 0 unspecified atom stereocenters. The number of hydrogen-bond donors (Lipinski definition) is 0. The second-order valence-electron chi connectivity index (χ2n) is 6.16. The van der Waals surface area contributed by atoms with E-state index in [0.717, 1.165) is 5.69 Å². The summed E-state index contributed by atoms with van der Waals surface area (Å²) in [5.41, 5.74) is -0.274. The minimum Gasteiger partial charge on any atom is -0.548 e. The van der Waals surface area contributed by atoms with Crippen molar-refractivity contribution in [2.24, 2.45) is 7.05 Å². The molecule has 140 valence electrons. The van der Waals surface area contributed by atoms with Crippen LogP contribution in [-0.4, -0.2) is 38.3 Å². The summed E-state index contributed by atoms with van der Waals surface area (Å²) in [5, 5.41) is 10.9. The quantitative estimate of drug-likeness (QED) is 0.567. The molecule has 1 aromatic carbocycles. The lowest BCUT2D eigenvalue weighted by Gasteiger charge is -2.18. The van der Waals surface area contributed by atoms with Crippen molar-refractivity contribution in [2.75, 3.05) is 18.6 Å². The molecule has 0 bridgehead atoms. The summed E-state index contributed by atoms with van der Waals surface area (Å²) in [6, 6.07) is 7.42. The van der Waals surface area contributed by atoms with Crippen molar-refractivity contribution in [1.29, 1.82) is 0 Å². The molecule has 0 saturated heterocycles. The number of fused-ring (bicyclic) bond motifs is 3. The zero-order valence-electron chi connectivity index (χ0n) is 14.7. The topological polar surface area (TPSA) is 114 Å². The van der Waals surface area contributed by atoms with Crippen LogP contribution in [0.1, 0.15) is 0 Å². The average Bonchev–Trinajstić information content (AvgIpc) is 3.22. The molecule has 0 N–H and O–H groups in total. The molecule has 27 heavy (non-hydrogen) atoms. The fourth-order valence-corrected chi connectivity index (χ4v) is 3.43. The smallest absolute Gasteiger partial charge is 0.332 e. The van der Waals surface area contributed by atoms with Gasteiger partial charge in [0.25, 0.3) is 5.56 Å². The number of aliphatic carboxylic acids is 1. The summed E-state index contributed by atoms with van der Waals surface area (Å²) in [5.74, 6) is -0.362. The number of carboxylic acids is 1. The summed E-state index contributed by atoms with van der Waals surface area (Å²) in [7, 11) is 3.02. The van der Waals surface area contributed by atoms with Gasteiger partial charge in [-0.05, 0) is 12.1 Å². The van der Waals surface area contributed by atoms with Crippen molar-refractivity contribution in [3.63, 3.8) is 0 Å².